The number of H-pyrrole nitrogens is 1. The largest absolute Gasteiger partial charge is 0.493 e. The highest BCUT2D eigenvalue weighted by atomic mass is 19.1. The number of carbonyl (C=O) groups is 1. The summed E-state index contributed by atoms with van der Waals surface area (Å²) in [6.45, 7) is 3.89. The number of carboxylic acid groups (broad SMARTS) is 1. The van der Waals surface area contributed by atoms with E-state index in [4.69, 9.17) is 9.84 Å². The van der Waals surface area contributed by atoms with Crippen molar-refractivity contribution in [2.45, 2.75) is 19.8 Å². The number of ether oxygens (including phenoxy) is 1. The summed E-state index contributed by atoms with van der Waals surface area (Å²) in [7, 11) is 1.36. The predicted octanol–water partition coefficient (Wildman–Crippen LogP) is 3.05. The zero-order valence-electron chi connectivity index (χ0n) is 11.4. The molecular formula is C14H15FN2O3. The maximum Gasteiger partial charge on any atom is 0.353 e. The maximum atomic E-state index is 14.0. The first kappa shape index (κ1) is 14.0. The second-order valence-electron chi connectivity index (χ2n) is 4.71. The third kappa shape index (κ3) is 2.49. The van der Waals surface area contributed by atoms with Crippen molar-refractivity contribution in [3.63, 3.8) is 0 Å². The first-order chi connectivity index (χ1) is 9.43. The van der Waals surface area contributed by atoms with Crippen molar-refractivity contribution in [2.75, 3.05) is 7.11 Å². The number of hydrogen-bond acceptors (Lipinski definition) is 3. The highest BCUT2D eigenvalue weighted by molar-refractivity contribution is 5.87. The molecule has 0 atom stereocenters. The number of halogens is 1. The molecule has 0 saturated heterocycles. The molecule has 0 fully saturated rings. The Hall–Kier alpha value is -2.37. The van der Waals surface area contributed by atoms with Crippen LogP contribution in [0, 0.1) is 5.82 Å². The summed E-state index contributed by atoms with van der Waals surface area (Å²) in [6.07, 6.45) is 0. The van der Waals surface area contributed by atoms with E-state index in [1.165, 1.54) is 19.2 Å². The van der Waals surface area contributed by atoms with Crippen LogP contribution in [0.2, 0.25) is 0 Å². The van der Waals surface area contributed by atoms with E-state index in [9.17, 15) is 9.18 Å². The highest BCUT2D eigenvalue weighted by Gasteiger charge is 2.18. The van der Waals surface area contributed by atoms with Crippen LogP contribution in [0.5, 0.6) is 5.75 Å². The lowest BCUT2D eigenvalue weighted by Gasteiger charge is -2.12. The third-order valence-electron chi connectivity index (χ3n) is 3.02. The molecule has 20 heavy (non-hydrogen) atoms. The first-order valence-electron chi connectivity index (χ1n) is 6.10. The Bertz CT molecular complexity index is 650. The van der Waals surface area contributed by atoms with E-state index in [1.807, 2.05) is 13.8 Å². The van der Waals surface area contributed by atoms with Crippen molar-refractivity contribution in [3.05, 3.63) is 35.3 Å². The van der Waals surface area contributed by atoms with Crippen LogP contribution in [-0.4, -0.2) is 28.4 Å². The Morgan fingerprint density at radius 1 is 1.40 bits per heavy atom. The molecule has 1 aromatic heterocycles. The van der Waals surface area contributed by atoms with Crippen molar-refractivity contribution in [1.82, 2.24) is 10.2 Å². The monoisotopic (exact) mass is 278 g/mol. The molecular weight excluding hydrogens is 263 g/mol. The van der Waals surface area contributed by atoms with Gasteiger partial charge in [0.15, 0.2) is 11.6 Å². The third-order valence-corrected chi connectivity index (χ3v) is 3.02. The van der Waals surface area contributed by atoms with Crippen LogP contribution >= 0.6 is 0 Å². The number of aromatic amines is 1. The SMILES string of the molecule is COc1c(F)cc(C(C)C)cc1-c1cc(C(=O)O)[nH]n1. The average molecular weight is 278 g/mol. The Balaban J connectivity index is 2.60. The summed E-state index contributed by atoms with van der Waals surface area (Å²) in [5.41, 5.74) is 1.50. The van der Waals surface area contributed by atoms with E-state index in [-0.39, 0.29) is 17.4 Å². The fraction of sp³-hybridized carbons (Fsp3) is 0.286. The van der Waals surface area contributed by atoms with Crippen LogP contribution < -0.4 is 4.74 Å². The van der Waals surface area contributed by atoms with Gasteiger partial charge in [-0.15, -0.1) is 0 Å². The minimum Gasteiger partial charge on any atom is -0.493 e. The standard InChI is InChI=1S/C14H15FN2O3/c1-7(2)8-4-9(13(20-3)10(15)5-8)11-6-12(14(18)19)17-16-11/h4-7H,1-3H3,(H,16,17)(H,18,19). The Kier molecular flexibility index (Phi) is 3.74. The molecule has 1 aromatic carbocycles. The topological polar surface area (TPSA) is 75.2 Å². The van der Waals surface area contributed by atoms with E-state index < -0.39 is 11.8 Å². The predicted molar refractivity (Wildman–Crippen MR) is 71.6 cm³/mol. The summed E-state index contributed by atoms with van der Waals surface area (Å²) >= 11 is 0. The zero-order chi connectivity index (χ0) is 14.9. The van der Waals surface area contributed by atoms with Gasteiger partial charge in [-0.1, -0.05) is 13.8 Å². The summed E-state index contributed by atoms with van der Waals surface area (Å²) in [5, 5.41) is 15.2. The van der Waals surface area contributed by atoms with Crippen molar-refractivity contribution in [3.8, 4) is 17.0 Å². The molecule has 0 aliphatic carbocycles. The molecule has 6 heteroatoms. The molecule has 106 valence electrons. The van der Waals surface area contributed by atoms with E-state index >= 15 is 0 Å². The fourth-order valence-corrected chi connectivity index (χ4v) is 1.91. The molecule has 2 aromatic rings. The second-order valence-corrected chi connectivity index (χ2v) is 4.71. The number of carboxylic acids is 1. The molecule has 0 unspecified atom stereocenters. The molecule has 0 saturated carbocycles. The van der Waals surface area contributed by atoms with Crippen molar-refractivity contribution in [2.24, 2.45) is 0 Å². The average Bonchev–Trinajstić information content (AvgIpc) is 2.87. The van der Waals surface area contributed by atoms with Gasteiger partial charge in [0, 0.05) is 5.56 Å². The number of methoxy groups -OCH3 is 1. The van der Waals surface area contributed by atoms with Gasteiger partial charge < -0.3 is 9.84 Å². The highest BCUT2D eigenvalue weighted by Crippen LogP contribution is 2.34. The molecule has 0 spiro atoms. The maximum absolute atomic E-state index is 14.0. The van der Waals surface area contributed by atoms with Gasteiger partial charge in [0.1, 0.15) is 5.69 Å². The van der Waals surface area contributed by atoms with Crippen molar-refractivity contribution in [1.29, 1.82) is 0 Å². The lowest BCUT2D eigenvalue weighted by atomic mass is 9.98. The minimum atomic E-state index is -1.12. The summed E-state index contributed by atoms with van der Waals surface area (Å²) < 4.78 is 19.1. The van der Waals surface area contributed by atoms with Gasteiger partial charge in [-0.25, -0.2) is 9.18 Å². The van der Waals surface area contributed by atoms with E-state index in [2.05, 4.69) is 10.2 Å². The molecule has 2 rings (SSSR count). The molecule has 0 bridgehead atoms. The lowest BCUT2D eigenvalue weighted by molar-refractivity contribution is 0.0690. The van der Waals surface area contributed by atoms with Gasteiger partial charge in [-0.3, -0.25) is 5.10 Å². The first-order valence-corrected chi connectivity index (χ1v) is 6.10. The van der Waals surface area contributed by atoms with Crippen LogP contribution in [0.15, 0.2) is 18.2 Å². The number of nitrogens with one attached hydrogen (secondary N) is 1. The van der Waals surface area contributed by atoms with Crippen LogP contribution in [0.4, 0.5) is 4.39 Å². The minimum absolute atomic E-state index is 0.0536. The van der Waals surface area contributed by atoms with Crippen molar-refractivity contribution < 1.29 is 19.0 Å². The number of rotatable bonds is 4. The van der Waals surface area contributed by atoms with Gasteiger partial charge in [-0.05, 0) is 29.7 Å². The van der Waals surface area contributed by atoms with Crippen LogP contribution in [0.25, 0.3) is 11.3 Å². The fourth-order valence-electron chi connectivity index (χ4n) is 1.91. The number of nitrogens with zero attached hydrogens (tertiary/aromatic N) is 1. The number of benzene rings is 1. The normalized spacial score (nSPS) is 10.8. The summed E-state index contributed by atoms with van der Waals surface area (Å²) in [5.74, 6) is -1.43. The number of hydrogen-bond donors (Lipinski definition) is 2. The van der Waals surface area contributed by atoms with Crippen LogP contribution in [-0.2, 0) is 0 Å². The summed E-state index contributed by atoms with van der Waals surface area (Å²) in [4.78, 5) is 10.9. The Labute approximate surface area is 115 Å². The van der Waals surface area contributed by atoms with Crippen molar-refractivity contribution >= 4 is 5.97 Å². The van der Waals surface area contributed by atoms with E-state index in [1.54, 1.807) is 6.07 Å². The molecule has 0 aliphatic rings. The number of aromatic carboxylic acids is 1. The second kappa shape index (κ2) is 5.32. The molecule has 0 aliphatic heterocycles. The van der Waals surface area contributed by atoms with E-state index in [0.717, 1.165) is 5.56 Å². The Morgan fingerprint density at radius 3 is 2.60 bits per heavy atom. The zero-order valence-corrected chi connectivity index (χ0v) is 11.4. The number of aromatic nitrogens is 2. The van der Waals surface area contributed by atoms with Crippen LogP contribution in [0.1, 0.15) is 35.8 Å². The smallest absolute Gasteiger partial charge is 0.353 e. The summed E-state index contributed by atoms with van der Waals surface area (Å²) in [6, 6.07) is 4.52. The van der Waals surface area contributed by atoms with Gasteiger partial charge in [0.2, 0.25) is 0 Å². The molecule has 0 radical (unpaired) electrons. The van der Waals surface area contributed by atoms with Gasteiger partial charge in [0.05, 0.1) is 12.8 Å². The van der Waals surface area contributed by atoms with Crippen LogP contribution in [0.3, 0.4) is 0 Å². The molecule has 5 nitrogen and oxygen atoms in total. The lowest BCUT2D eigenvalue weighted by Crippen LogP contribution is -1.97. The van der Waals surface area contributed by atoms with E-state index in [0.29, 0.717) is 11.3 Å². The molecule has 0 amide bonds. The van der Waals surface area contributed by atoms with Gasteiger partial charge in [0.25, 0.3) is 0 Å². The van der Waals surface area contributed by atoms with Gasteiger partial charge in [-0.2, -0.15) is 5.10 Å². The molecule has 1 heterocycles. The van der Waals surface area contributed by atoms with Gasteiger partial charge >= 0.3 is 5.97 Å². The quantitative estimate of drug-likeness (QED) is 0.901. The Morgan fingerprint density at radius 2 is 2.10 bits per heavy atom. The molecule has 2 N–H and O–H groups in total.